The van der Waals surface area contributed by atoms with Crippen LogP contribution >= 0.6 is 11.8 Å². The molecule has 3 rings (SSSR count). The van der Waals surface area contributed by atoms with E-state index in [1.807, 2.05) is 24.3 Å². The Kier molecular flexibility index (Phi) is 4.03. The van der Waals surface area contributed by atoms with Gasteiger partial charge in [-0.15, -0.1) is 0 Å². The number of rotatable bonds is 5. The molecule has 1 fully saturated rings. The van der Waals surface area contributed by atoms with Gasteiger partial charge in [0.15, 0.2) is 0 Å². The highest BCUT2D eigenvalue weighted by atomic mass is 32.2. The number of nitrogens with zero attached hydrogens (tertiary/aromatic N) is 2. The van der Waals surface area contributed by atoms with E-state index >= 15 is 0 Å². The second kappa shape index (κ2) is 5.95. The lowest BCUT2D eigenvalue weighted by atomic mass is 9.86. The van der Waals surface area contributed by atoms with Crippen molar-refractivity contribution < 1.29 is 9.90 Å². The Labute approximate surface area is 127 Å². The SMILES string of the molecule is O=CC1(Sc2ncncc2-c2ccc(CO)cc2)CCC1. The summed E-state index contributed by atoms with van der Waals surface area (Å²) in [5.41, 5.74) is 2.80. The number of aliphatic hydroxyl groups excluding tert-OH is 1. The van der Waals surface area contributed by atoms with Gasteiger partial charge >= 0.3 is 0 Å². The number of benzene rings is 1. The van der Waals surface area contributed by atoms with E-state index in [4.69, 9.17) is 5.11 Å². The van der Waals surface area contributed by atoms with Crippen molar-refractivity contribution in [2.24, 2.45) is 0 Å². The summed E-state index contributed by atoms with van der Waals surface area (Å²) in [5.74, 6) is 0. The van der Waals surface area contributed by atoms with E-state index in [2.05, 4.69) is 9.97 Å². The number of hydrogen-bond donors (Lipinski definition) is 1. The van der Waals surface area contributed by atoms with Crippen LogP contribution in [0.15, 0.2) is 41.8 Å². The topological polar surface area (TPSA) is 63.1 Å². The number of thioether (sulfide) groups is 1. The van der Waals surface area contributed by atoms with Crippen LogP contribution in [0.2, 0.25) is 0 Å². The lowest BCUT2D eigenvalue weighted by Gasteiger charge is -2.35. The number of aldehydes is 1. The number of hydrogen-bond acceptors (Lipinski definition) is 5. The van der Waals surface area contributed by atoms with Crippen molar-refractivity contribution in [3.8, 4) is 11.1 Å². The molecule has 1 aromatic carbocycles. The van der Waals surface area contributed by atoms with Gasteiger partial charge in [0.25, 0.3) is 0 Å². The van der Waals surface area contributed by atoms with Crippen LogP contribution in [0.4, 0.5) is 0 Å². The zero-order chi connectivity index (χ0) is 14.7. The summed E-state index contributed by atoms with van der Waals surface area (Å²) in [4.78, 5) is 19.8. The van der Waals surface area contributed by atoms with Gasteiger partial charge < -0.3 is 9.90 Å². The molecule has 1 saturated carbocycles. The van der Waals surface area contributed by atoms with Crippen molar-refractivity contribution in [3.63, 3.8) is 0 Å². The summed E-state index contributed by atoms with van der Waals surface area (Å²) in [6.07, 6.45) is 7.27. The first-order valence-corrected chi connectivity index (χ1v) is 7.73. The molecule has 0 bridgehead atoms. The van der Waals surface area contributed by atoms with Crippen LogP contribution in [-0.2, 0) is 11.4 Å². The summed E-state index contributed by atoms with van der Waals surface area (Å²) in [6.45, 7) is 0.0292. The van der Waals surface area contributed by atoms with Crippen molar-refractivity contribution in [1.82, 2.24) is 9.97 Å². The van der Waals surface area contributed by atoms with Crippen LogP contribution < -0.4 is 0 Å². The molecule has 0 saturated heterocycles. The molecule has 0 unspecified atom stereocenters. The summed E-state index contributed by atoms with van der Waals surface area (Å²) in [6, 6.07) is 7.66. The third-order valence-corrected chi connectivity index (χ3v) is 5.27. The quantitative estimate of drug-likeness (QED) is 0.679. The molecule has 1 heterocycles. The number of carbonyl (C=O) groups is 1. The minimum Gasteiger partial charge on any atom is -0.392 e. The van der Waals surface area contributed by atoms with Crippen molar-refractivity contribution >= 4 is 18.0 Å². The summed E-state index contributed by atoms with van der Waals surface area (Å²) in [7, 11) is 0. The van der Waals surface area contributed by atoms with Crippen molar-refractivity contribution in [2.45, 2.75) is 35.6 Å². The van der Waals surface area contributed by atoms with Crippen LogP contribution in [0.25, 0.3) is 11.1 Å². The van der Waals surface area contributed by atoms with E-state index in [0.717, 1.165) is 47.3 Å². The van der Waals surface area contributed by atoms with Gasteiger partial charge in [0.2, 0.25) is 0 Å². The average molecular weight is 300 g/mol. The monoisotopic (exact) mass is 300 g/mol. The van der Waals surface area contributed by atoms with E-state index in [9.17, 15) is 4.79 Å². The van der Waals surface area contributed by atoms with Crippen molar-refractivity contribution in [1.29, 1.82) is 0 Å². The molecule has 0 spiro atoms. The Morgan fingerprint density at radius 1 is 1.29 bits per heavy atom. The first kappa shape index (κ1) is 14.2. The second-order valence-corrected chi connectivity index (χ2v) is 6.64. The van der Waals surface area contributed by atoms with Crippen LogP contribution in [0.3, 0.4) is 0 Å². The number of aromatic nitrogens is 2. The smallest absolute Gasteiger partial charge is 0.136 e. The summed E-state index contributed by atoms with van der Waals surface area (Å²) >= 11 is 1.54. The third kappa shape index (κ3) is 2.84. The molecule has 108 valence electrons. The van der Waals surface area contributed by atoms with Crippen molar-refractivity contribution in [2.75, 3.05) is 0 Å². The molecule has 1 aliphatic rings. The summed E-state index contributed by atoms with van der Waals surface area (Å²) < 4.78 is -0.311. The number of aliphatic hydroxyl groups is 1. The van der Waals surface area contributed by atoms with E-state index < -0.39 is 0 Å². The fraction of sp³-hybridized carbons (Fsp3) is 0.312. The molecule has 5 heteroatoms. The highest BCUT2D eigenvalue weighted by Gasteiger charge is 2.39. The first-order chi connectivity index (χ1) is 10.3. The van der Waals surface area contributed by atoms with Crippen LogP contribution in [0.1, 0.15) is 24.8 Å². The Bertz CT molecular complexity index is 639. The first-order valence-electron chi connectivity index (χ1n) is 6.92. The number of carbonyl (C=O) groups excluding carboxylic acids is 1. The van der Waals surface area contributed by atoms with Gasteiger partial charge in [-0.3, -0.25) is 0 Å². The molecule has 21 heavy (non-hydrogen) atoms. The minimum absolute atomic E-state index is 0.0292. The Hall–Kier alpha value is -1.72. The molecule has 1 aromatic heterocycles. The Morgan fingerprint density at radius 3 is 2.62 bits per heavy atom. The normalized spacial score (nSPS) is 16.2. The van der Waals surface area contributed by atoms with Gasteiger partial charge in [-0.1, -0.05) is 36.0 Å². The maximum atomic E-state index is 11.4. The fourth-order valence-electron chi connectivity index (χ4n) is 2.35. The van der Waals surface area contributed by atoms with Gasteiger partial charge in [-0.05, 0) is 30.4 Å². The molecular weight excluding hydrogens is 284 g/mol. The van der Waals surface area contributed by atoms with Crippen molar-refractivity contribution in [3.05, 3.63) is 42.4 Å². The standard InChI is InChI=1S/C16H16N2O2S/c19-9-12-2-4-13(5-3-12)14-8-17-11-18-15(14)21-16(10-20)6-1-7-16/h2-5,8,10-11,19H,1,6-7,9H2. The molecule has 0 aliphatic heterocycles. The highest BCUT2D eigenvalue weighted by Crippen LogP contribution is 2.47. The molecule has 4 nitrogen and oxygen atoms in total. The minimum atomic E-state index is -0.311. The zero-order valence-electron chi connectivity index (χ0n) is 11.5. The third-order valence-electron chi connectivity index (χ3n) is 3.84. The zero-order valence-corrected chi connectivity index (χ0v) is 12.3. The van der Waals surface area contributed by atoms with Crippen LogP contribution in [0, 0.1) is 0 Å². The molecule has 2 aromatic rings. The largest absolute Gasteiger partial charge is 0.392 e. The predicted octanol–water partition coefficient (Wildman–Crippen LogP) is 2.85. The second-order valence-electron chi connectivity index (χ2n) is 5.23. The molecular formula is C16H16N2O2S. The molecule has 1 aliphatic carbocycles. The fourth-order valence-corrected chi connectivity index (χ4v) is 3.66. The van der Waals surface area contributed by atoms with Gasteiger partial charge in [0.1, 0.15) is 17.6 Å². The Balaban J connectivity index is 1.93. The van der Waals surface area contributed by atoms with E-state index in [-0.39, 0.29) is 11.4 Å². The van der Waals surface area contributed by atoms with Crippen LogP contribution in [0.5, 0.6) is 0 Å². The molecule has 0 atom stereocenters. The van der Waals surface area contributed by atoms with Gasteiger partial charge in [0.05, 0.1) is 11.4 Å². The lowest BCUT2D eigenvalue weighted by Crippen LogP contribution is -2.34. The average Bonchev–Trinajstić information content (AvgIpc) is 2.51. The Morgan fingerprint density at radius 2 is 2.05 bits per heavy atom. The van der Waals surface area contributed by atoms with Gasteiger partial charge in [-0.2, -0.15) is 0 Å². The summed E-state index contributed by atoms with van der Waals surface area (Å²) in [5, 5.41) is 9.95. The molecule has 0 radical (unpaired) electrons. The highest BCUT2D eigenvalue weighted by molar-refractivity contribution is 8.01. The van der Waals surface area contributed by atoms with E-state index in [1.54, 1.807) is 18.0 Å². The lowest BCUT2D eigenvalue weighted by molar-refractivity contribution is -0.111. The van der Waals surface area contributed by atoms with Gasteiger partial charge in [0, 0.05) is 11.8 Å². The maximum Gasteiger partial charge on any atom is 0.136 e. The van der Waals surface area contributed by atoms with E-state index in [1.165, 1.54) is 6.33 Å². The van der Waals surface area contributed by atoms with E-state index in [0.29, 0.717) is 0 Å². The predicted molar refractivity (Wildman–Crippen MR) is 81.9 cm³/mol. The van der Waals surface area contributed by atoms with Gasteiger partial charge in [-0.25, -0.2) is 9.97 Å². The molecule has 0 amide bonds. The maximum absolute atomic E-state index is 11.4. The molecule has 1 N–H and O–H groups in total. The van der Waals surface area contributed by atoms with Crippen LogP contribution in [-0.4, -0.2) is 26.1 Å².